The van der Waals surface area contributed by atoms with Gasteiger partial charge in [0.2, 0.25) is 0 Å². The molecule has 2 aromatic carbocycles. The molecule has 0 spiro atoms. The Bertz CT molecular complexity index is 1320. The van der Waals surface area contributed by atoms with Gasteiger partial charge in [-0.2, -0.15) is 0 Å². The molecule has 2 heterocycles. The maximum absolute atomic E-state index is 13.5. The molecule has 0 saturated carbocycles. The van der Waals surface area contributed by atoms with Crippen LogP contribution in [0.5, 0.6) is 5.75 Å². The van der Waals surface area contributed by atoms with E-state index in [-0.39, 0.29) is 10.6 Å². The molecular formula is C21H18FN3O3S. The molecule has 0 atom stereocenters. The van der Waals surface area contributed by atoms with Gasteiger partial charge in [0.25, 0.3) is 10.0 Å². The molecule has 0 unspecified atom stereocenters. The first-order valence-corrected chi connectivity index (χ1v) is 10.3. The Hall–Kier alpha value is -3.39. The van der Waals surface area contributed by atoms with Crippen molar-refractivity contribution in [3.05, 3.63) is 78.4 Å². The Kier molecular flexibility index (Phi) is 4.71. The van der Waals surface area contributed by atoms with Crippen molar-refractivity contribution in [1.29, 1.82) is 0 Å². The van der Waals surface area contributed by atoms with E-state index < -0.39 is 15.8 Å². The molecule has 0 radical (unpaired) electrons. The van der Waals surface area contributed by atoms with Crippen LogP contribution in [-0.4, -0.2) is 24.9 Å². The third kappa shape index (κ3) is 3.66. The van der Waals surface area contributed by atoms with Crippen molar-refractivity contribution in [2.45, 2.75) is 11.8 Å². The van der Waals surface area contributed by atoms with E-state index in [0.29, 0.717) is 17.0 Å². The summed E-state index contributed by atoms with van der Waals surface area (Å²) in [6.45, 7) is 1.97. The molecule has 4 aromatic rings. The molecule has 0 fully saturated rings. The molecule has 0 saturated heterocycles. The number of methoxy groups -OCH3 is 1. The standard InChI is InChI=1S/C21H18FN3O3S/c1-14-5-4-10-25-13-19(23-21(14)25)15-8-9-20(28-2)18(11-15)24-29(26,27)17-7-3-6-16(22)12-17/h3-13,24H,1-2H3. The van der Waals surface area contributed by atoms with E-state index >= 15 is 0 Å². The summed E-state index contributed by atoms with van der Waals surface area (Å²) in [6.07, 6.45) is 3.77. The third-order valence-corrected chi connectivity index (χ3v) is 5.89. The first kappa shape index (κ1) is 18.9. The summed E-state index contributed by atoms with van der Waals surface area (Å²) in [5, 5.41) is 0. The number of imidazole rings is 1. The quantitative estimate of drug-likeness (QED) is 0.533. The number of benzene rings is 2. The molecule has 148 valence electrons. The molecule has 0 amide bonds. The molecule has 1 N–H and O–H groups in total. The summed E-state index contributed by atoms with van der Waals surface area (Å²) < 4.78 is 48.6. The normalized spacial score (nSPS) is 11.6. The van der Waals surface area contributed by atoms with E-state index in [1.165, 1.54) is 25.3 Å². The van der Waals surface area contributed by atoms with Gasteiger partial charge in [-0.25, -0.2) is 17.8 Å². The average Bonchev–Trinajstić information content (AvgIpc) is 3.13. The van der Waals surface area contributed by atoms with Crippen LogP contribution in [0.4, 0.5) is 10.1 Å². The van der Waals surface area contributed by atoms with E-state index in [9.17, 15) is 12.8 Å². The van der Waals surface area contributed by atoms with Gasteiger partial charge in [-0.1, -0.05) is 12.1 Å². The van der Waals surface area contributed by atoms with E-state index in [2.05, 4.69) is 9.71 Å². The predicted octanol–water partition coefficient (Wildman–Crippen LogP) is 4.26. The Labute approximate surface area is 167 Å². The predicted molar refractivity (Wildman–Crippen MR) is 109 cm³/mol. The molecule has 4 rings (SSSR count). The fraction of sp³-hybridized carbons (Fsp3) is 0.0952. The number of aryl methyl sites for hydroxylation is 1. The highest BCUT2D eigenvalue weighted by atomic mass is 32.2. The average molecular weight is 411 g/mol. The second-order valence-electron chi connectivity index (χ2n) is 6.53. The molecular weight excluding hydrogens is 393 g/mol. The fourth-order valence-electron chi connectivity index (χ4n) is 3.08. The van der Waals surface area contributed by atoms with Gasteiger partial charge in [0.1, 0.15) is 17.2 Å². The van der Waals surface area contributed by atoms with Crippen molar-refractivity contribution in [2.75, 3.05) is 11.8 Å². The minimum absolute atomic E-state index is 0.173. The number of ether oxygens (including phenoxy) is 1. The molecule has 0 aliphatic carbocycles. The monoisotopic (exact) mass is 411 g/mol. The lowest BCUT2D eigenvalue weighted by molar-refractivity contribution is 0.417. The largest absolute Gasteiger partial charge is 0.495 e. The first-order valence-electron chi connectivity index (χ1n) is 8.78. The van der Waals surface area contributed by atoms with E-state index in [4.69, 9.17) is 4.74 Å². The second-order valence-corrected chi connectivity index (χ2v) is 8.21. The van der Waals surface area contributed by atoms with Crippen LogP contribution >= 0.6 is 0 Å². The lowest BCUT2D eigenvalue weighted by Gasteiger charge is -2.13. The Morgan fingerprint density at radius 1 is 1.10 bits per heavy atom. The van der Waals surface area contributed by atoms with Crippen LogP contribution in [0.3, 0.4) is 0 Å². The number of fused-ring (bicyclic) bond motifs is 1. The SMILES string of the molecule is COc1ccc(-c2cn3cccc(C)c3n2)cc1NS(=O)(=O)c1cccc(F)c1. The highest BCUT2D eigenvalue weighted by Gasteiger charge is 2.18. The third-order valence-electron chi connectivity index (χ3n) is 4.52. The second kappa shape index (κ2) is 7.21. The van der Waals surface area contributed by atoms with Crippen LogP contribution < -0.4 is 9.46 Å². The van der Waals surface area contributed by atoms with E-state index in [0.717, 1.165) is 17.3 Å². The summed E-state index contributed by atoms with van der Waals surface area (Å²) in [5.41, 5.74) is 3.49. The van der Waals surface area contributed by atoms with Gasteiger partial charge in [0, 0.05) is 18.0 Å². The van der Waals surface area contributed by atoms with E-state index in [1.54, 1.807) is 18.2 Å². The molecule has 8 heteroatoms. The number of halogens is 1. The fourth-order valence-corrected chi connectivity index (χ4v) is 4.17. The van der Waals surface area contributed by atoms with Gasteiger partial charge in [-0.15, -0.1) is 0 Å². The van der Waals surface area contributed by atoms with Gasteiger partial charge in [-0.3, -0.25) is 4.72 Å². The van der Waals surface area contributed by atoms with Crippen molar-refractivity contribution in [3.63, 3.8) is 0 Å². The topological polar surface area (TPSA) is 72.7 Å². The molecule has 29 heavy (non-hydrogen) atoms. The van der Waals surface area contributed by atoms with Crippen molar-refractivity contribution in [3.8, 4) is 17.0 Å². The van der Waals surface area contributed by atoms with Gasteiger partial charge in [0.15, 0.2) is 0 Å². The minimum Gasteiger partial charge on any atom is -0.495 e. The smallest absolute Gasteiger partial charge is 0.262 e. The van der Waals surface area contributed by atoms with Crippen molar-refractivity contribution in [1.82, 2.24) is 9.38 Å². The van der Waals surface area contributed by atoms with E-state index in [1.807, 2.05) is 35.9 Å². The summed E-state index contributed by atoms with van der Waals surface area (Å²) in [4.78, 5) is 4.47. The van der Waals surface area contributed by atoms with Crippen LogP contribution in [0.15, 0.2) is 71.9 Å². The zero-order chi connectivity index (χ0) is 20.6. The van der Waals surface area contributed by atoms with Gasteiger partial charge in [0.05, 0.1) is 23.4 Å². The number of pyridine rings is 1. The zero-order valence-electron chi connectivity index (χ0n) is 15.8. The number of nitrogens with one attached hydrogen (secondary N) is 1. The number of rotatable bonds is 5. The summed E-state index contributed by atoms with van der Waals surface area (Å²) in [6, 6.07) is 13.8. The maximum atomic E-state index is 13.5. The van der Waals surface area contributed by atoms with Crippen molar-refractivity contribution in [2.24, 2.45) is 0 Å². The number of anilines is 1. The van der Waals surface area contributed by atoms with Crippen molar-refractivity contribution < 1.29 is 17.5 Å². The Balaban J connectivity index is 1.76. The summed E-state index contributed by atoms with van der Waals surface area (Å²) in [7, 11) is -2.55. The molecule has 0 bridgehead atoms. The van der Waals surface area contributed by atoms with Crippen LogP contribution in [0.1, 0.15) is 5.56 Å². The maximum Gasteiger partial charge on any atom is 0.262 e. The van der Waals surface area contributed by atoms with Crippen molar-refractivity contribution >= 4 is 21.4 Å². The van der Waals surface area contributed by atoms with Crippen LogP contribution in [0.25, 0.3) is 16.9 Å². The highest BCUT2D eigenvalue weighted by Crippen LogP contribution is 2.32. The molecule has 0 aliphatic heterocycles. The molecule has 6 nitrogen and oxygen atoms in total. The lowest BCUT2D eigenvalue weighted by atomic mass is 10.1. The number of nitrogens with zero attached hydrogens (tertiary/aromatic N) is 2. The number of sulfonamides is 1. The number of aromatic nitrogens is 2. The summed E-state index contributed by atoms with van der Waals surface area (Å²) >= 11 is 0. The molecule has 2 aromatic heterocycles. The first-order chi connectivity index (χ1) is 13.9. The van der Waals surface area contributed by atoms with Gasteiger partial charge in [-0.05, 0) is 55.0 Å². The number of hydrogen-bond acceptors (Lipinski definition) is 4. The van der Waals surface area contributed by atoms with Crippen LogP contribution in [0.2, 0.25) is 0 Å². The Morgan fingerprint density at radius 2 is 1.93 bits per heavy atom. The van der Waals surface area contributed by atoms with Gasteiger partial charge < -0.3 is 9.14 Å². The summed E-state index contributed by atoms with van der Waals surface area (Å²) in [5.74, 6) is -0.290. The molecule has 0 aliphatic rings. The highest BCUT2D eigenvalue weighted by molar-refractivity contribution is 7.92. The lowest BCUT2D eigenvalue weighted by Crippen LogP contribution is -2.14. The van der Waals surface area contributed by atoms with Crippen LogP contribution in [-0.2, 0) is 10.0 Å². The minimum atomic E-state index is -3.99. The van der Waals surface area contributed by atoms with Gasteiger partial charge >= 0.3 is 0 Å². The van der Waals surface area contributed by atoms with Crippen LogP contribution in [0, 0.1) is 12.7 Å². The Morgan fingerprint density at radius 3 is 2.66 bits per heavy atom. The zero-order valence-corrected chi connectivity index (χ0v) is 16.6. The number of hydrogen-bond donors (Lipinski definition) is 1.